The summed E-state index contributed by atoms with van der Waals surface area (Å²) in [6.07, 6.45) is 0.692. The molecule has 0 saturated carbocycles. The third kappa shape index (κ3) is 5.51. The standard InChI is InChI=1S/C25H29N3O4S/c1-17(2)28(24(31)13-19-16-33-25(26-19)27-12-6-11-23(27)30)14-20(29)15-32-22-10-5-8-18-7-3-4-9-21(18)22/h3-5,7-10,16-17,20,29H,6,11-15H2,1-2H3/t20-/m0/s1. The molecule has 1 saturated heterocycles. The van der Waals surface area contributed by atoms with Crippen LogP contribution < -0.4 is 9.64 Å². The highest BCUT2D eigenvalue weighted by Gasteiger charge is 2.26. The zero-order valence-electron chi connectivity index (χ0n) is 18.9. The SMILES string of the molecule is CC(C)N(C[C@H](O)COc1cccc2ccccc12)C(=O)Cc1csc(N2CCCC2=O)n1. The largest absolute Gasteiger partial charge is 0.490 e. The van der Waals surface area contributed by atoms with Gasteiger partial charge >= 0.3 is 0 Å². The molecule has 1 aromatic heterocycles. The molecule has 0 spiro atoms. The van der Waals surface area contributed by atoms with Gasteiger partial charge in [0.05, 0.1) is 18.7 Å². The summed E-state index contributed by atoms with van der Waals surface area (Å²) in [6.45, 7) is 4.78. The number of rotatable bonds is 9. The van der Waals surface area contributed by atoms with Gasteiger partial charge in [-0.1, -0.05) is 36.4 Å². The van der Waals surface area contributed by atoms with Crippen LogP contribution in [0.3, 0.4) is 0 Å². The number of carbonyl (C=O) groups is 2. The van der Waals surface area contributed by atoms with Gasteiger partial charge in [0, 0.05) is 29.8 Å². The average Bonchev–Trinajstić information content (AvgIpc) is 3.44. The number of anilines is 1. The van der Waals surface area contributed by atoms with E-state index in [4.69, 9.17) is 4.74 Å². The van der Waals surface area contributed by atoms with Crippen LogP contribution in [0, 0.1) is 0 Å². The number of nitrogens with zero attached hydrogens (tertiary/aromatic N) is 3. The van der Waals surface area contributed by atoms with Crippen LogP contribution in [0.4, 0.5) is 5.13 Å². The van der Waals surface area contributed by atoms with E-state index in [-0.39, 0.29) is 37.4 Å². The summed E-state index contributed by atoms with van der Waals surface area (Å²) >= 11 is 1.39. The lowest BCUT2D eigenvalue weighted by Crippen LogP contribution is -2.44. The predicted octanol–water partition coefficient (Wildman–Crippen LogP) is 3.64. The Kier molecular flexibility index (Phi) is 7.25. The Balaban J connectivity index is 1.35. The number of amides is 2. The minimum absolute atomic E-state index is 0.0806. The van der Waals surface area contributed by atoms with Gasteiger partial charge in [-0.3, -0.25) is 14.5 Å². The second-order valence-corrected chi connectivity index (χ2v) is 9.37. The molecule has 7 nitrogen and oxygen atoms in total. The number of hydrogen-bond donors (Lipinski definition) is 1. The van der Waals surface area contributed by atoms with E-state index in [1.807, 2.05) is 61.7 Å². The summed E-state index contributed by atoms with van der Waals surface area (Å²) in [5.41, 5.74) is 0.645. The number of thiazole rings is 1. The maximum atomic E-state index is 13.0. The molecule has 0 unspecified atom stereocenters. The van der Waals surface area contributed by atoms with Crippen molar-refractivity contribution in [3.8, 4) is 5.75 Å². The fraction of sp³-hybridized carbons (Fsp3) is 0.400. The molecule has 33 heavy (non-hydrogen) atoms. The molecule has 1 N–H and O–H groups in total. The lowest BCUT2D eigenvalue weighted by Gasteiger charge is -2.29. The van der Waals surface area contributed by atoms with Crippen LogP contribution in [-0.4, -0.2) is 58.6 Å². The zero-order valence-corrected chi connectivity index (χ0v) is 19.8. The molecule has 0 bridgehead atoms. The van der Waals surface area contributed by atoms with Crippen LogP contribution in [0.2, 0.25) is 0 Å². The fourth-order valence-electron chi connectivity index (χ4n) is 4.00. The van der Waals surface area contributed by atoms with Crippen LogP contribution in [0.15, 0.2) is 47.8 Å². The Morgan fingerprint density at radius 3 is 2.79 bits per heavy atom. The Morgan fingerprint density at radius 2 is 2.03 bits per heavy atom. The van der Waals surface area contributed by atoms with Gasteiger partial charge < -0.3 is 14.7 Å². The first-order chi connectivity index (χ1) is 15.9. The quantitative estimate of drug-likeness (QED) is 0.520. The molecule has 1 atom stereocenters. The molecule has 1 aliphatic heterocycles. The van der Waals surface area contributed by atoms with E-state index >= 15 is 0 Å². The number of aliphatic hydroxyl groups excluding tert-OH is 1. The molecule has 2 aromatic carbocycles. The van der Waals surface area contributed by atoms with Gasteiger partial charge in [-0.05, 0) is 31.7 Å². The Hall–Kier alpha value is -2.97. The Bertz CT molecular complexity index is 1120. The molecular formula is C25H29N3O4S. The van der Waals surface area contributed by atoms with E-state index < -0.39 is 6.10 Å². The topological polar surface area (TPSA) is 83.0 Å². The van der Waals surface area contributed by atoms with E-state index in [0.29, 0.717) is 29.5 Å². The normalized spacial score (nSPS) is 14.8. The van der Waals surface area contributed by atoms with Gasteiger partial charge in [-0.25, -0.2) is 4.98 Å². The number of carbonyl (C=O) groups excluding carboxylic acids is 2. The average molecular weight is 468 g/mol. The second-order valence-electron chi connectivity index (χ2n) is 8.53. The number of hydrogen-bond acceptors (Lipinski definition) is 6. The number of fused-ring (bicyclic) bond motifs is 1. The van der Waals surface area contributed by atoms with Crippen LogP contribution in [0.1, 0.15) is 32.4 Å². The molecule has 1 aliphatic rings. The molecule has 8 heteroatoms. The Labute approximate surface area is 197 Å². The van der Waals surface area contributed by atoms with Gasteiger partial charge in [0.25, 0.3) is 0 Å². The summed E-state index contributed by atoms with van der Waals surface area (Å²) in [5.74, 6) is 0.681. The second kappa shape index (κ2) is 10.3. The summed E-state index contributed by atoms with van der Waals surface area (Å²) in [5, 5.41) is 15.2. The minimum Gasteiger partial charge on any atom is -0.490 e. The maximum absolute atomic E-state index is 13.0. The lowest BCUT2D eigenvalue weighted by molar-refractivity contribution is -0.134. The van der Waals surface area contributed by atoms with E-state index in [2.05, 4.69) is 4.98 Å². The van der Waals surface area contributed by atoms with Crippen molar-refractivity contribution in [3.05, 3.63) is 53.5 Å². The molecular weight excluding hydrogens is 438 g/mol. The predicted molar refractivity (Wildman–Crippen MR) is 130 cm³/mol. The van der Waals surface area contributed by atoms with Gasteiger partial charge in [-0.15, -0.1) is 11.3 Å². The van der Waals surface area contributed by atoms with E-state index in [0.717, 1.165) is 17.2 Å². The fourth-order valence-corrected chi connectivity index (χ4v) is 4.86. The van der Waals surface area contributed by atoms with Crippen molar-refractivity contribution in [2.24, 2.45) is 0 Å². The van der Waals surface area contributed by atoms with Crippen molar-refractivity contribution in [1.29, 1.82) is 0 Å². The smallest absolute Gasteiger partial charge is 0.228 e. The van der Waals surface area contributed by atoms with Gasteiger partial charge in [0.1, 0.15) is 18.5 Å². The van der Waals surface area contributed by atoms with E-state index in [1.54, 1.807) is 9.80 Å². The van der Waals surface area contributed by atoms with Crippen molar-refractivity contribution in [2.75, 3.05) is 24.6 Å². The molecule has 0 aliphatic carbocycles. The Morgan fingerprint density at radius 1 is 1.24 bits per heavy atom. The van der Waals surface area contributed by atoms with Gasteiger partial charge in [-0.2, -0.15) is 0 Å². The van der Waals surface area contributed by atoms with Crippen LogP contribution >= 0.6 is 11.3 Å². The van der Waals surface area contributed by atoms with Gasteiger partial charge in [0.15, 0.2) is 5.13 Å². The van der Waals surface area contributed by atoms with Crippen molar-refractivity contribution >= 4 is 39.1 Å². The van der Waals surface area contributed by atoms with Crippen LogP contribution in [-0.2, 0) is 16.0 Å². The highest BCUT2D eigenvalue weighted by atomic mass is 32.1. The molecule has 3 aromatic rings. The molecule has 4 rings (SSSR count). The molecule has 174 valence electrons. The van der Waals surface area contributed by atoms with E-state index in [9.17, 15) is 14.7 Å². The zero-order chi connectivity index (χ0) is 23.4. The lowest BCUT2D eigenvalue weighted by atomic mass is 10.1. The van der Waals surface area contributed by atoms with Crippen LogP contribution in [0.25, 0.3) is 10.8 Å². The number of ether oxygens (including phenoxy) is 1. The number of aromatic nitrogens is 1. The minimum atomic E-state index is -0.830. The third-order valence-electron chi connectivity index (χ3n) is 5.71. The first-order valence-electron chi connectivity index (χ1n) is 11.2. The van der Waals surface area contributed by atoms with Crippen molar-refractivity contribution in [3.63, 3.8) is 0 Å². The number of benzene rings is 2. The maximum Gasteiger partial charge on any atom is 0.228 e. The monoisotopic (exact) mass is 467 g/mol. The third-order valence-corrected chi connectivity index (χ3v) is 6.62. The van der Waals surface area contributed by atoms with Crippen LogP contribution in [0.5, 0.6) is 5.75 Å². The summed E-state index contributed by atoms with van der Waals surface area (Å²) in [6, 6.07) is 13.7. The van der Waals surface area contributed by atoms with Gasteiger partial charge in [0.2, 0.25) is 11.8 Å². The highest BCUT2D eigenvalue weighted by molar-refractivity contribution is 7.14. The van der Waals surface area contributed by atoms with Crippen molar-refractivity contribution in [2.45, 2.75) is 45.3 Å². The molecule has 2 amide bonds. The first kappa shape index (κ1) is 23.2. The molecule has 2 heterocycles. The highest BCUT2D eigenvalue weighted by Crippen LogP contribution is 2.26. The summed E-state index contributed by atoms with van der Waals surface area (Å²) < 4.78 is 5.89. The summed E-state index contributed by atoms with van der Waals surface area (Å²) in [4.78, 5) is 32.8. The van der Waals surface area contributed by atoms with Crippen molar-refractivity contribution < 1.29 is 19.4 Å². The number of aliphatic hydroxyl groups is 1. The molecule has 1 fully saturated rings. The van der Waals surface area contributed by atoms with E-state index in [1.165, 1.54) is 11.3 Å². The summed E-state index contributed by atoms with van der Waals surface area (Å²) in [7, 11) is 0. The van der Waals surface area contributed by atoms with Crippen molar-refractivity contribution in [1.82, 2.24) is 9.88 Å². The first-order valence-corrected chi connectivity index (χ1v) is 12.1. The molecule has 0 radical (unpaired) electrons.